The molecule has 0 unspecified atom stereocenters. The Morgan fingerprint density at radius 1 is 1.08 bits per heavy atom. The maximum absolute atomic E-state index is 11.9. The number of amides is 2. The second-order valence-corrected chi connectivity index (χ2v) is 5.53. The molecule has 0 fully saturated rings. The molecule has 0 saturated heterocycles. The topological polar surface area (TPSA) is 88.0 Å². The molecule has 1 aromatic heterocycles. The maximum Gasteiger partial charge on any atom is 0.313 e. The first-order chi connectivity index (χ1) is 11.5. The molecule has 7 heteroatoms. The van der Waals surface area contributed by atoms with Crippen molar-refractivity contribution in [3.05, 3.63) is 41.7 Å². The van der Waals surface area contributed by atoms with E-state index in [-0.39, 0.29) is 0 Å². The third kappa shape index (κ3) is 4.58. The molecule has 2 amide bonds. The lowest BCUT2D eigenvalue weighted by atomic mass is 10.3. The lowest BCUT2D eigenvalue weighted by molar-refractivity contribution is -0.136. The van der Waals surface area contributed by atoms with Crippen LogP contribution >= 0.6 is 0 Å². The van der Waals surface area contributed by atoms with E-state index >= 15 is 0 Å². The lowest BCUT2D eigenvalue weighted by Crippen LogP contribution is -2.36. The van der Waals surface area contributed by atoms with Gasteiger partial charge in [-0.15, -0.1) is 0 Å². The molecule has 1 aromatic carbocycles. The van der Waals surface area contributed by atoms with E-state index in [1.807, 2.05) is 37.3 Å². The minimum Gasteiger partial charge on any atom is -0.385 e. The number of aryl methyl sites for hydroxylation is 2. The molecule has 0 aliphatic heterocycles. The number of hydrogen-bond acceptors (Lipinski definition) is 4. The fraction of sp³-hybridized carbons (Fsp3) is 0.353. The maximum atomic E-state index is 11.9. The number of para-hydroxylation sites is 1. The molecule has 0 bridgehead atoms. The first kappa shape index (κ1) is 17.5. The van der Waals surface area contributed by atoms with Crippen molar-refractivity contribution >= 4 is 23.2 Å². The van der Waals surface area contributed by atoms with E-state index in [9.17, 15) is 9.59 Å². The fourth-order valence-corrected chi connectivity index (χ4v) is 2.28. The van der Waals surface area contributed by atoms with Crippen LogP contribution in [0.25, 0.3) is 0 Å². The van der Waals surface area contributed by atoms with Crippen molar-refractivity contribution in [3.63, 3.8) is 0 Å². The van der Waals surface area contributed by atoms with Crippen LogP contribution in [-0.4, -0.2) is 34.7 Å². The van der Waals surface area contributed by atoms with Crippen molar-refractivity contribution in [2.75, 3.05) is 23.7 Å². The molecule has 24 heavy (non-hydrogen) atoms. The number of hydrogen-bond donors (Lipinski definition) is 3. The summed E-state index contributed by atoms with van der Waals surface area (Å²) in [6.07, 6.45) is 0.721. The minimum atomic E-state index is -0.676. The molecule has 7 nitrogen and oxygen atoms in total. The number of rotatable bonds is 6. The quantitative estimate of drug-likeness (QED) is 0.555. The normalized spacial score (nSPS) is 10.3. The van der Waals surface area contributed by atoms with Crippen LogP contribution in [0, 0.1) is 13.8 Å². The highest BCUT2D eigenvalue weighted by Crippen LogP contribution is 2.17. The predicted octanol–water partition coefficient (Wildman–Crippen LogP) is 1.59. The standard InChI is InChI=1S/C17H23N5O2/c1-12-15(13(2)22(3)21-12)20-17(24)16(23)19-11-7-10-18-14-8-5-4-6-9-14/h4-6,8-9,18H,7,10-11H2,1-3H3,(H,19,23)(H,20,24). The van der Waals surface area contributed by atoms with Crippen LogP contribution in [0.3, 0.4) is 0 Å². The number of anilines is 2. The van der Waals surface area contributed by atoms with Gasteiger partial charge in [0.2, 0.25) is 0 Å². The van der Waals surface area contributed by atoms with E-state index in [1.54, 1.807) is 18.7 Å². The summed E-state index contributed by atoms with van der Waals surface area (Å²) >= 11 is 0. The second kappa shape index (κ2) is 8.14. The number of carbonyl (C=O) groups is 2. The van der Waals surface area contributed by atoms with E-state index in [0.717, 1.165) is 17.8 Å². The van der Waals surface area contributed by atoms with Crippen LogP contribution in [0.1, 0.15) is 17.8 Å². The molecule has 0 radical (unpaired) electrons. The van der Waals surface area contributed by atoms with Crippen LogP contribution in [0.15, 0.2) is 30.3 Å². The van der Waals surface area contributed by atoms with Crippen LogP contribution in [0.4, 0.5) is 11.4 Å². The van der Waals surface area contributed by atoms with E-state index in [4.69, 9.17) is 0 Å². The first-order valence-corrected chi connectivity index (χ1v) is 7.87. The number of benzene rings is 1. The molecule has 0 atom stereocenters. The van der Waals surface area contributed by atoms with Crippen LogP contribution in [0.5, 0.6) is 0 Å². The van der Waals surface area contributed by atoms with Gasteiger partial charge in [0.25, 0.3) is 0 Å². The first-order valence-electron chi connectivity index (χ1n) is 7.87. The zero-order chi connectivity index (χ0) is 17.5. The van der Waals surface area contributed by atoms with Crippen molar-refractivity contribution in [2.45, 2.75) is 20.3 Å². The van der Waals surface area contributed by atoms with Crippen molar-refractivity contribution in [3.8, 4) is 0 Å². The van der Waals surface area contributed by atoms with Gasteiger partial charge in [-0.05, 0) is 32.4 Å². The molecular weight excluding hydrogens is 306 g/mol. The molecule has 1 heterocycles. The van der Waals surface area contributed by atoms with Gasteiger partial charge in [-0.1, -0.05) is 18.2 Å². The summed E-state index contributed by atoms with van der Waals surface area (Å²) in [4.78, 5) is 23.8. The highest BCUT2D eigenvalue weighted by Gasteiger charge is 2.17. The SMILES string of the molecule is Cc1nn(C)c(C)c1NC(=O)C(=O)NCCCNc1ccccc1. The van der Waals surface area contributed by atoms with Gasteiger partial charge in [0.05, 0.1) is 17.1 Å². The average Bonchev–Trinajstić information content (AvgIpc) is 2.81. The zero-order valence-electron chi connectivity index (χ0n) is 14.2. The number of carbonyl (C=O) groups excluding carboxylic acids is 2. The smallest absolute Gasteiger partial charge is 0.313 e. The second-order valence-electron chi connectivity index (χ2n) is 5.53. The summed E-state index contributed by atoms with van der Waals surface area (Å²) in [5.41, 5.74) is 3.11. The third-order valence-corrected chi connectivity index (χ3v) is 3.70. The highest BCUT2D eigenvalue weighted by atomic mass is 16.2. The molecule has 3 N–H and O–H groups in total. The van der Waals surface area contributed by atoms with Crippen molar-refractivity contribution < 1.29 is 9.59 Å². The molecule has 0 saturated carbocycles. The molecule has 2 aromatic rings. The van der Waals surface area contributed by atoms with Gasteiger partial charge in [0.15, 0.2) is 0 Å². The van der Waals surface area contributed by atoms with Crippen molar-refractivity contribution in [1.82, 2.24) is 15.1 Å². The summed E-state index contributed by atoms with van der Waals surface area (Å²) < 4.78 is 1.66. The number of aromatic nitrogens is 2. The van der Waals surface area contributed by atoms with Crippen molar-refractivity contribution in [1.29, 1.82) is 0 Å². The van der Waals surface area contributed by atoms with Gasteiger partial charge in [0.1, 0.15) is 0 Å². The zero-order valence-corrected chi connectivity index (χ0v) is 14.2. The molecule has 0 aliphatic carbocycles. The number of nitrogens with zero attached hydrogens (tertiary/aromatic N) is 2. The summed E-state index contributed by atoms with van der Waals surface area (Å²) in [7, 11) is 1.79. The Bertz CT molecular complexity index is 709. The van der Waals surface area contributed by atoms with Crippen LogP contribution in [-0.2, 0) is 16.6 Å². The molecule has 2 rings (SSSR count). The third-order valence-electron chi connectivity index (χ3n) is 3.70. The Kier molecular flexibility index (Phi) is 5.95. The van der Waals surface area contributed by atoms with Crippen LogP contribution in [0.2, 0.25) is 0 Å². The summed E-state index contributed by atoms with van der Waals surface area (Å²) in [5.74, 6) is -1.32. The van der Waals surface area contributed by atoms with Gasteiger partial charge in [-0.3, -0.25) is 14.3 Å². The van der Waals surface area contributed by atoms with Gasteiger partial charge in [0, 0.05) is 25.8 Å². The lowest BCUT2D eigenvalue weighted by Gasteiger charge is -2.08. The Balaban J connectivity index is 1.71. The summed E-state index contributed by atoms with van der Waals surface area (Å²) in [5, 5.41) is 12.7. The van der Waals surface area contributed by atoms with Crippen LogP contribution < -0.4 is 16.0 Å². The van der Waals surface area contributed by atoms with Gasteiger partial charge in [-0.2, -0.15) is 5.10 Å². The Hall–Kier alpha value is -2.83. The Labute approximate surface area is 141 Å². The number of nitrogens with one attached hydrogen (secondary N) is 3. The van der Waals surface area contributed by atoms with Gasteiger partial charge < -0.3 is 16.0 Å². The molecule has 128 valence electrons. The summed E-state index contributed by atoms with van der Waals surface area (Å²) in [6, 6.07) is 9.82. The largest absolute Gasteiger partial charge is 0.385 e. The summed E-state index contributed by atoms with van der Waals surface area (Å²) in [6.45, 7) is 4.77. The van der Waals surface area contributed by atoms with E-state index in [2.05, 4.69) is 21.0 Å². The van der Waals surface area contributed by atoms with Crippen molar-refractivity contribution in [2.24, 2.45) is 7.05 Å². The monoisotopic (exact) mass is 329 g/mol. The molecule has 0 aliphatic rings. The minimum absolute atomic E-state index is 0.428. The predicted molar refractivity (Wildman–Crippen MR) is 93.9 cm³/mol. The van der Waals surface area contributed by atoms with E-state index in [1.165, 1.54) is 0 Å². The Morgan fingerprint density at radius 3 is 2.42 bits per heavy atom. The van der Waals surface area contributed by atoms with Gasteiger partial charge in [-0.25, -0.2) is 0 Å². The fourth-order valence-electron chi connectivity index (χ4n) is 2.28. The molecular formula is C17H23N5O2. The Morgan fingerprint density at radius 2 is 1.79 bits per heavy atom. The van der Waals surface area contributed by atoms with Gasteiger partial charge >= 0.3 is 11.8 Å². The van der Waals surface area contributed by atoms with E-state index in [0.29, 0.717) is 24.5 Å². The molecule has 0 spiro atoms. The highest BCUT2D eigenvalue weighted by molar-refractivity contribution is 6.39. The van der Waals surface area contributed by atoms with E-state index < -0.39 is 11.8 Å². The average molecular weight is 329 g/mol.